The van der Waals surface area contributed by atoms with Crippen LogP contribution in [0.3, 0.4) is 0 Å². The van der Waals surface area contributed by atoms with Crippen LogP contribution in [-0.2, 0) is 11.3 Å². The standard InChI is InChI=1S/C28H32N2O/c1-19-6-5-13-30(19)18-24-16-23-15-21(9-10-26(23)29-24)20-7-4-8-22(14-20)25-17-28(2,3)12-11-27(25)31/h4,7-10,14-17,19,29H,5-6,11-13,18H2,1-3H3. The molecule has 1 fully saturated rings. The van der Waals surface area contributed by atoms with Gasteiger partial charge in [0.1, 0.15) is 0 Å². The number of allylic oxidation sites excluding steroid dienone is 2. The lowest BCUT2D eigenvalue weighted by Gasteiger charge is -2.26. The van der Waals surface area contributed by atoms with Gasteiger partial charge in [-0.15, -0.1) is 0 Å². The van der Waals surface area contributed by atoms with Gasteiger partial charge < -0.3 is 4.98 Å². The lowest BCUT2D eigenvalue weighted by atomic mass is 9.77. The van der Waals surface area contributed by atoms with Crippen molar-refractivity contribution in [1.29, 1.82) is 0 Å². The third-order valence-corrected chi connectivity index (χ3v) is 7.08. The van der Waals surface area contributed by atoms with Gasteiger partial charge >= 0.3 is 0 Å². The molecule has 31 heavy (non-hydrogen) atoms. The third kappa shape index (κ3) is 4.12. The molecule has 1 saturated heterocycles. The van der Waals surface area contributed by atoms with Crippen molar-refractivity contribution in [1.82, 2.24) is 9.88 Å². The largest absolute Gasteiger partial charge is 0.357 e. The fraction of sp³-hybridized carbons (Fsp3) is 0.393. The molecule has 1 aliphatic carbocycles. The van der Waals surface area contributed by atoms with E-state index in [0.29, 0.717) is 12.5 Å². The third-order valence-electron chi connectivity index (χ3n) is 7.08. The maximum atomic E-state index is 12.6. The molecule has 2 aliphatic rings. The summed E-state index contributed by atoms with van der Waals surface area (Å²) in [5.74, 6) is 0.262. The summed E-state index contributed by atoms with van der Waals surface area (Å²) in [5.41, 5.74) is 6.82. The van der Waals surface area contributed by atoms with E-state index in [-0.39, 0.29) is 11.2 Å². The first-order valence-electron chi connectivity index (χ1n) is 11.6. The molecule has 0 amide bonds. The smallest absolute Gasteiger partial charge is 0.163 e. The highest BCUT2D eigenvalue weighted by Crippen LogP contribution is 2.36. The zero-order valence-corrected chi connectivity index (χ0v) is 18.9. The van der Waals surface area contributed by atoms with Crippen molar-refractivity contribution in [2.75, 3.05) is 6.54 Å². The maximum absolute atomic E-state index is 12.6. The van der Waals surface area contributed by atoms with E-state index in [1.54, 1.807) is 0 Å². The Hall–Kier alpha value is -2.65. The molecule has 5 rings (SSSR count). The Morgan fingerprint density at radius 2 is 1.87 bits per heavy atom. The van der Waals surface area contributed by atoms with E-state index < -0.39 is 0 Å². The van der Waals surface area contributed by atoms with Gasteiger partial charge in [-0.2, -0.15) is 0 Å². The molecule has 1 aromatic heterocycles. The lowest BCUT2D eigenvalue weighted by molar-refractivity contribution is -0.114. The van der Waals surface area contributed by atoms with Crippen LogP contribution >= 0.6 is 0 Å². The van der Waals surface area contributed by atoms with E-state index >= 15 is 0 Å². The fourth-order valence-corrected chi connectivity index (χ4v) is 5.13. The number of Topliss-reactive ketones (excluding diaryl/α,β-unsaturated/α-hetero) is 1. The normalized spacial score (nSPS) is 21.6. The van der Waals surface area contributed by atoms with Crippen LogP contribution in [0.1, 0.15) is 57.7 Å². The molecule has 0 saturated carbocycles. The van der Waals surface area contributed by atoms with Crippen molar-refractivity contribution in [2.45, 2.75) is 59.0 Å². The Morgan fingerprint density at radius 1 is 1.06 bits per heavy atom. The first kappa shape index (κ1) is 20.3. The number of benzene rings is 2. The molecule has 0 radical (unpaired) electrons. The van der Waals surface area contributed by atoms with Gasteiger partial charge in [-0.05, 0) is 79.1 Å². The van der Waals surface area contributed by atoms with Gasteiger partial charge in [0.25, 0.3) is 0 Å². The van der Waals surface area contributed by atoms with Gasteiger partial charge in [-0.1, -0.05) is 44.2 Å². The molecule has 0 bridgehead atoms. The van der Waals surface area contributed by atoms with Crippen LogP contribution in [0, 0.1) is 5.41 Å². The molecule has 1 atom stereocenters. The highest BCUT2D eigenvalue weighted by Gasteiger charge is 2.26. The van der Waals surface area contributed by atoms with Gasteiger partial charge in [0.15, 0.2) is 5.78 Å². The Balaban J connectivity index is 1.45. The van der Waals surface area contributed by atoms with Crippen molar-refractivity contribution in [3.63, 3.8) is 0 Å². The first-order chi connectivity index (χ1) is 14.9. The monoisotopic (exact) mass is 412 g/mol. The Morgan fingerprint density at radius 3 is 2.68 bits per heavy atom. The van der Waals surface area contributed by atoms with E-state index in [4.69, 9.17) is 0 Å². The maximum Gasteiger partial charge on any atom is 0.163 e. The summed E-state index contributed by atoms with van der Waals surface area (Å²) in [6, 6.07) is 18.1. The fourth-order valence-electron chi connectivity index (χ4n) is 5.13. The van der Waals surface area contributed by atoms with Crippen LogP contribution in [-0.4, -0.2) is 28.3 Å². The van der Waals surface area contributed by atoms with E-state index in [9.17, 15) is 4.79 Å². The second-order valence-electron chi connectivity index (χ2n) is 10.1. The predicted molar refractivity (Wildman–Crippen MR) is 129 cm³/mol. The summed E-state index contributed by atoms with van der Waals surface area (Å²) in [5, 5.41) is 1.25. The quantitative estimate of drug-likeness (QED) is 0.524. The van der Waals surface area contributed by atoms with Gasteiger partial charge in [-0.3, -0.25) is 9.69 Å². The molecule has 2 aromatic carbocycles. The Kier molecular flexibility index (Phi) is 5.10. The number of rotatable bonds is 4. The number of carbonyl (C=O) groups excluding carboxylic acids is 1. The molecule has 1 aliphatic heterocycles. The predicted octanol–water partition coefficient (Wildman–Crippen LogP) is 6.59. The molecule has 3 nitrogen and oxygen atoms in total. The number of aromatic nitrogens is 1. The molecular weight excluding hydrogens is 380 g/mol. The summed E-state index contributed by atoms with van der Waals surface area (Å²) in [7, 11) is 0. The van der Waals surface area contributed by atoms with Crippen LogP contribution < -0.4 is 0 Å². The highest BCUT2D eigenvalue weighted by molar-refractivity contribution is 6.21. The average Bonchev–Trinajstić information content (AvgIpc) is 3.35. The number of nitrogens with zero attached hydrogens (tertiary/aromatic N) is 1. The average molecular weight is 413 g/mol. The second kappa shape index (κ2) is 7.80. The van der Waals surface area contributed by atoms with Crippen molar-refractivity contribution >= 4 is 22.3 Å². The van der Waals surface area contributed by atoms with E-state index in [1.165, 1.54) is 41.5 Å². The highest BCUT2D eigenvalue weighted by atomic mass is 16.1. The minimum atomic E-state index is 0.0759. The summed E-state index contributed by atoms with van der Waals surface area (Å²) in [6.07, 6.45) is 6.34. The first-order valence-corrected chi connectivity index (χ1v) is 11.6. The number of fused-ring (bicyclic) bond motifs is 1. The Bertz CT molecular complexity index is 1170. The number of ketones is 1. The van der Waals surface area contributed by atoms with E-state index in [2.05, 4.69) is 85.3 Å². The van der Waals surface area contributed by atoms with Gasteiger partial charge in [0, 0.05) is 41.2 Å². The summed E-state index contributed by atoms with van der Waals surface area (Å²) in [6.45, 7) is 8.94. The van der Waals surface area contributed by atoms with E-state index in [1.807, 2.05) is 0 Å². The molecule has 2 heterocycles. The van der Waals surface area contributed by atoms with Crippen molar-refractivity contribution in [3.05, 3.63) is 65.9 Å². The number of likely N-dealkylation sites (tertiary alicyclic amines) is 1. The summed E-state index contributed by atoms with van der Waals surface area (Å²) in [4.78, 5) is 18.8. The van der Waals surface area contributed by atoms with Gasteiger partial charge in [0.05, 0.1) is 0 Å². The van der Waals surface area contributed by atoms with Crippen LogP contribution in [0.2, 0.25) is 0 Å². The topological polar surface area (TPSA) is 36.1 Å². The molecule has 1 N–H and O–H groups in total. The number of hydrogen-bond acceptors (Lipinski definition) is 2. The molecule has 1 unspecified atom stereocenters. The van der Waals surface area contributed by atoms with Gasteiger partial charge in [-0.25, -0.2) is 0 Å². The zero-order chi connectivity index (χ0) is 21.6. The minimum Gasteiger partial charge on any atom is -0.357 e. The van der Waals surface area contributed by atoms with Crippen molar-refractivity contribution in [3.8, 4) is 11.1 Å². The molecule has 0 spiro atoms. The van der Waals surface area contributed by atoms with Gasteiger partial charge in [0.2, 0.25) is 0 Å². The van der Waals surface area contributed by atoms with Crippen LogP contribution in [0.5, 0.6) is 0 Å². The second-order valence-corrected chi connectivity index (χ2v) is 10.1. The summed E-state index contributed by atoms with van der Waals surface area (Å²) < 4.78 is 0. The van der Waals surface area contributed by atoms with Crippen LogP contribution in [0.4, 0.5) is 0 Å². The number of H-pyrrole nitrogens is 1. The SMILES string of the molecule is CC1CCCN1Cc1cc2cc(-c3cccc(C4=CC(C)(C)CCC4=O)c3)ccc2[nH]1. The van der Waals surface area contributed by atoms with Crippen molar-refractivity contribution in [2.24, 2.45) is 5.41 Å². The number of carbonyl (C=O) groups is 1. The molecular formula is C28H32N2O. The molecule has 3 aromatic rings. The molecule has 160 valence electrons. The van der Waals surface area contributed by atoms with Crippen LogP contribution in [0.15, 0.2) is 54.6 Å². The van der Waals surface area contributed by atoms with E-state index in [0.717, 1.165) is 29.7 Å². The van der Waals surface area contributed by atoms with Crippen molar-refractivity contribution < 1.29 is 4.79 Å². The van der Waals surface area contributed by atoms with Crippen LogP contribution in [0.25, 0.3) is 27.6 Å². The molecule has 3 heteroatoms. The summed E-state index contributed by atoms with van der Waals surface area (Å²) >= 11 is 0. The Labute approximate surface area is 185 Å². The number of aromatic amines is 1. The minimum absolute atomic E-state index is 0.0759. The lowest BCUT2D eigenvalue weighted by Crippen LogP contribution is -2.26. The number of nitrogens with one attached hydrogen (secondary N) is 1. The zero-order valence-electron chi connectivity index (χ0n) is 18.9. The number of hydrogen-bond donors (Lipinski definition) is 1.